The predicted octanol–water partition coefficient (Wildman–Crippen LogP) is 6.55. The smallest absolute Gasteiger partial charge is 0.123 e. The second-order valence-corrected chi connectivity index (χ2v) is 16.1. The number of hydrogen-bond acceptors (Lipinski definition) is 3. The summed E-state index contributed by atoms with van der Waals surface area (Å²) in [6.45, 7) is 10.6. The van der Waals surface area contributed by atoms with E-state index in [2.05, 4.69) is 53.7 Å². The summed E-state index contributed by atoms with van der Waals surface area (Å²) in [5.41, 5.74) is 6.66. The van der Waals surface area contributed by atoms with Gasteiger partial charge < -0.3 is 14.6 Å². The number of pyridine rings is 1. The van der Waals surface area contributed by atoms with E-state index in [-0.39, 0.29) is 5.82 Å². The molecule has 1 aliphatic heterocycles. The lowest BCUT2D eigenvalue weighted by atomic mass is 9.93. The van der Waals surface area contributed by atoms with Crippen molar-refractivity contribution in [2.24, 2.45) is 0 Å². The maximum absolute atomic E-state index is 13.6. The van der Waals surface area contributed by atoms with Gasteiger partial charge in [0.15, 0.2) is 0 Å². The van der Waals surface area contributed by atoms with Gasteiger partial charge in [-0.3, -0.25) is 4.98 Å². The van der Waals surface area contributed by atoms with Crippen LogP contribution in [0.25, 0.3) is 22.4 Å². The van der Waals surface area contributed by atoms with E-state index in [4.69, 9.17) is 4.74 Å². The number of H-pyrrole nitrogens is 1. The Labute approximate surface area is 198 Å². The summed E-state index contributed by atoms with van der Waals surface area (Å²) < 4.78 is 19.7. The Balaban J connectivity index is 1.67. The Morgan fingerprint density at radius 1 is 1.09 bits per heavy atom. The summed E-state index contributed by atoms with van der Waals surface area (Å²) >= 11 is 0. The minimum Gasteiger partial charge on any atom is -0.377 e. The monoisotopic (exact) mass is 465 g/mol. The molecule has 0 aliphatic carbocycles. The fourth-order valence-electron chi connectivity index (χ4n) is 4.44. The summed E-state index contributed by atoms with van der Waals surface area (Å²) in [5.74, 6) is 0.287. The molecule has 0 unspecified atom stereocenters. The third kappa shape index (κ3) is 6.19. The van der Waals surface area contributed by atoms with Crippen LogP contribution in [0.3, 0.4) is 0 Å². The minimum atomic E-state index is -1.13. The number of benzene rings is 1. The van der Waals surface area contributed by atoms with E-state index in [9.17, 15) is 4.39 Å². The standard InChI is InChI=1S/C27H36FN3OSi/c1-31-13-10-20(11-14-31)26-17-25(27(30-26)21-5-7-23(28)8-6-21)24-9-12-29-18-22(24)19-32-15-16-33(2,3)4/h5-9,12,17-18,20,30H,10-11,13-16,19H2,1-4H3. The topological polar surface area (TPSA) is 41.2 Å². The van der Waals surface area contributed by atoms with Crippen molar-refractivity contribution < 1.29 is 9.13 Å². The SMILES string of the molecule is CN1CCC(c2cc(-c3ccncc3COCC[Si](C)(C)C)c(-c3ccc(F)cc3)[nH]2)CC1. The molecule has 1 saturated heterocycles. The molecule has 4 nitrogen and oxygen atoms in total. The van der Waals surface area contributed by atoms with E-state index in [1.54, 1.807) is 0 Å². The normalized spacial score (nSPS) is 15.8. The molecule has 0 spiro atoms. The molecule has 6 heteroatoms. The Morgan fingerprint density at radius 2 is 1.82 bits per heavy atom. The predicted molar refractivity (Wildman–Crippen MR) is 137 cm³/mol. The van der Waals surface area contributed by atoms with Crippen molar-refractivity contribution in [1.82, 2.24) is 14.9 Å². The van der Waals surface area contributed by atoms with Gasteiger partial charge in [0.1, 0.15) is 5.82 Å². The molecular weight excluding hydrogens is 429 g/mol. The van der Waals surface area contributed by atoms with Crippen LogP contribution in [0, 0.1) is 5.82 Å². The fraction of sp³-hybridized carbons (Fsp3) is 0.444. The largest absolute Gasteiger partial charge is 0.377 e. The molecule has 0 saturated carbocycles. The lowest BCUT2D eigenvalue weighted by Crippen LogP contribution is -2.29. The Hall–Kier alpha value is -2.28. The molecule has 176 valence electrons. The Morgan fingerprint density at radius 3 is 2.52 bits per heavy atom. The van der Waals surface area contributed by atoms with Crippen LogP contribution in [-0.2, 0) is 11.3 Å². The minimum absolute atomic E-state index is 0.220. The van der Waals surface area contributed by atoms with Crippen LogP contribution in [0.2, 0.25) is 25.7 Å². The summed E-state index contributed by atoms with van der Waals surface area (Å²) in [6, 6.07) is 12.3. The number of halogens is 1. The first-order valence-corrected chi connectivity index (χ1v) is 15.7. The average Bonchev–Trinajstić information content (AvgIpc) is 3.22. The van der Waals surface area contributed by atoms with Crippen LogP contribution in [0.1, 0.15) is 30.0 Å². The zero-order valence-electron chi connectivity index (χ0n) is 20.3. The third-order valence-corrected chi connectivity index (χ3v) is 8.28. The van der Waals surface area contributed by atoms with Gasteiger partial charge in [-0.1, -0.05) is 19.6 Å². The van der Waals surface area contributed by atoms with E-state index < -0.39 is 8.07 Å². The lowest BCUT2D eigenvalue weighted by molar-refractivity contribution is 0.133. The van der Waals surface area contributed by atoms with Gasteiger partial charge in [0.25, 0.3) is 0 Å². The van der Waals surface area contributed by atoms with Gasteiger partial charge in [0.05, 0.1) is 12.3 Å². The van der Waals surface area contributed by atoms with Crippen molar-refractivity contribution in [2.75, 3.05) is 26.7 Å². The van der Waals surface area contributed by atoms with Crippen LogP contribution < -0.4 is 0 Å². The summed E-state index contributed by atoms with van der Waals surface area (Å²) in [4.78, 5) is 10.5. The van der Waals surface area contributed by atoms with Crippen LogP contribution >= 0.6 is 0 Å². The zero-order chi connectivity index (χ0) is 23.4. The highest BCUT2D eigenvalue weighted by Crippen LogP contribution is 2.38. The number of nitrogens with zero attached hydrogens (tertiary/aromatic N) is 2. The second-order valence-electron chi connectivity index (χ2n) is 10.5. The highest BCUT2D eigenvalue weighted by atomic mass is 28.3. The molecule has 1 fully saturated rings. The molecule has 4 rings (SSSR count). The Kier molecular flexibility index (Phi) is 7.47. The summed E-state index contributed by atoms with van der Waals surface area (Å²) in [5, 5.41) is 0. The average molecular weight is 466 g/mol. The van der Waals surface area contributed by atoms with Crippen molar-refractivity contribution in [2.45, 2.75) is 51.1 Å². The van der Waals surface area contributed by atoms with E-state index in [0.717, 1.165) is 66.5 Å². The Bertz CT molecular complexity index is 1050. The fourth-order valence-corrected chi connectivity index (χ4v) is 5.19. The van der Waals surface area contributed by atoms with Crippen molar-refractivity contribution in [3.63, 3.8) is 0 Å². The lowest BCUT2D eigenvalue weighted by Gasteiger charge is -2.28. The molecule has 0 amide bonds. The molecule has 1 aliphatic rings. The molecule has 3 heterocycles. The van der Waals surface area contributed by atoms with Crippen molar-refractivity contribution in [3.8, 4) is 22.4 Å². The maximum atomic E-state index is 13.6. The number of ether oxygens (including phenoxy) is 1. The van der Waals surface area contributed by atoms with E-state index in [1.807, 2.05) is 24.5 Å². The summed E-state index contributed by atoms with van der Waals surface area (Å²) in [7, 11) is 1.05. The molecule has 2 aromatic heterocycles. The van der Waals surface area contributed by atoms with Gasteiger partial charge >= 0.3 is 0 Å². The zero-order valence-corrected chi connectivity index (χ0v) is 21.3. The van der Waals surface area contributed by atoms with Crippen molar-refractivity contribution >= 4 is 8.07 Å². The molecule has 0 radical (unpaired) electrons. The quantitative estimate of drug-likeness (QED) is 0.303. The first-order valence-electron chi connectivity index (χ1n) is 12.0. The number of likely N-dealkylation sites (tertiary alicyclic amines) is 1. The highest BCUT2D eigenvalue weighted by Gasteiger charge is 2.23. The molecule has 1 N–H and O–H groups in total. The molecule has 0 bridgehead atoms. The number of hydrogen-bond donors (Lipinski definition) is 1. The van der Waals surface area contributed by atoms with E-state index in [1.165, 1.54) is 17.8 Å². The van der Waals surface area contributed by atoms with Gasteiger partial charge in [-0.2, -0.15) is 0 Å². The van der Waals surface area contributed by atoms with Crippen molar-refractivity contribution in [1.29, 1.82) is 0 Å². The number of aromatic nitrogens is 2. The van der Waals surface area contributed by atoms with Crippen LogP contribution in [0.15, 0.2) is 48.8 Å². The van der Waals surface area contributed by atoms with Gasteiger partial charge in [-0.25, -0.2) is 4.39 Å². The first-order chi connectivity index (χ1) is 15.8. The van der Waals surface area contributed by atoms with Gasteiger partial charge in [0, 0.05) is 49.8 Å². The molecule has 0 atom stereocenters. The highest BCUT2D eigenvalue weighted by molar-refractivity contribution is 6.76. The first kappa shape index (κ1) is 23.9. The number of piperidine rings is 1. The van der Waals surface area contributed by atoms with Gasteiger partial charge in [0.2, 0.25) is 0 Å². The number of aromatic amines is 1. The van der Waals surface area contributed by atoms with E-state index in [0.29, 0.717) is 12.5 Å². The summed E-state index contributed by atoms with van der Waals surface area (Å²) in [6.07, 6.45) is 6.04. The number of rotatable bonds is 8. The van der Waals surface area contributed by atoms with Gasteiger partial charge in [-0.05, 0) is 86.5 Å². The molecule has 3 aromatic rings. The molecule has 1 aromatic carbocycles. The molecule has 33 heavy (non-hydrogen) atoms. The van der Waals surface area contributed by atoms with Crippen LogP contribution in [0.4, 0.5) is 4.39 Å². The third-order valence-electron chi connectivity index (χ3n) is 6.58. The number of nitrogens with one attached hydrogen (secondary N) is 1. The molecular formula is C27H36FN3OSi. The second kappa shape index (κ2) is 10.3. The van der Waals surface area contributed by atoms with Crippen LogP contribution in [0.5, 0.6) is 0 Å². The van der Waals surface area contributed by atoms with E-state index >= 15 is 0 Å². The van der Waals surface area contributed by atoms with Crippen molar-refractivity contribution in [3.05, 3.63) is 65.9 Å². The maximum Gasteiger partial charge on any atom is 0.123 e. The van der Waals surface area contributed by atoms with Crippen LogP contribution in [-0.4, -0.2) is 49.7 Å². The van der Waals surface area contributed by atoms with Gasteiger partial charge in [-0.15, -0.1) is 0 Å².